The van der Waals surface area contributed by atoms with Crippen molar-refractivity contribution in [3.63, 3.8) is 0 Å². The van der Waals surface area contributed by atoms with Crippen LogP contribution >= 0.6 is 0 Å². The highest BCUT2D eigenvalue weighted by Gasteiger charge is 2.21. The van der Waals surface area contributed by atoms with Crippen LogP contribution in [-0.2, 0) is 0 Å². The number of ether oxygens (including phenoxy) is 1. The second kappa shape index (κ2) is 6.47. The molecule has 5 nitrogen and oxygen atoms in total. The lowest BCUT2D eigenvalue weighted by molar-refractivity contribution is 0.0690. The van der Waals surface area contributed by atoms with E-state index in [2.05, 4.69) is 9.97 Å². The van der Waals surface area contributed by atoms with Gasteiger partial charge in [-0.25, -0.2) is 19.2 Å². The summed E-state index contributed by atoms with van der Waals surface area (Å²) in [5.74, 6) is -1.53. The van der Waals surface area contributed by atoms with Gasteiger partial charge in [0.2, 0.25) is 0 Å². The number of benzene rings is 2. The van der Waals surface area contributed by atoms with Crippen molar-refractivity contribution in [2.75, 3.05) is 7.11 Å². The maximum atomic E-state index is 14.5. The number of halogens is 1. The third kappa shape index (κ3) is 3.03. The van der Waals surface area contributed by atoms with Crippen molar-refractivity contribution in [2.24, 2.45) is 0 Å². The summed E-state index contributed by atoms with van der Waals surface area (Å²) in [7, 11) is 1.57. The fourth-order valence-corrected chi connectivity index (χ4v) is 2.84. The zero-order valence-electron chi connectivity index (χ0n) is 14.1. The van der Waals surface area contributed by atoms with Crippen LogP contribution in [0.3, 0.4) is 0 Å². The first kappa shape index (κ1) is 16.8. The van der Waals surface area contributed by atoms with Gasteiger partial charge in [-0.2, -0.15) is 0 Å². The number of nitrogens with zero attached hydrogens (tertiary/aromatic N) is 2. The van der Waals surface area contributed by atoms with E-state index in [1.807, 2.05) is 19.9 Å². The van der Waals surface area contributed by atoms with Crippen molar-refractivity contribution in [2.45, 2.75) is 19.8 Å². The minimum atomic E-state index is -1.27. The molecule has 0 saturated heterocycles. The van der Waals surface area contributed by atoms with Crippen LogP contribution in [0.5, 0.6) is 5.75 Å². The Labute approximate surface area is 144 Å². The van der Waals surface area contributed by atoms with E-state index in [0.29, 0.717) is 28.1 Å². The monoisotopic (exact) mass is 340 g/mol. The molecule has 0 aliphatic heterocycles. The number of carboxylic acids is 1. The Bertz CT molecular complexity index is 970. The van der Waals surface area contributed by atoms with Crippen molar-refractivity contribution < 1.29 is 19.0 Å². The molecule has 0 saturated carbocycles. The summed E-state index contributed by atoms with van der Waals surface area (Å²) in [4.78, 5) is 19.9. The summed E-state index contributed by atoms with van der Waals surface area (Å²) < 4.78 is 19.7. The van der Waals surface area contributed by atoms with Crippen LogP contribution < -0.4 is 4.74 Å². The molecule has 0 amide bonds. The number of fused-ring (bicyclic) bond motifs is 1. The highest BCUT2D eigenvalue weighted by molar-refractivity contribution is 5.95. The van der Waals surface area contributed by atoms with Gasteiger partial charge in [0.15, 0.2) is 0 Å². The molecule has 6 heteroatoms. The predicted octanol–water partition coefficient (Wildman–Crippen LogP) is 4.27. The summed E-state index contributed by atoms with van der Waals surface area (Å²) in [6, 6.07) is 8.25. The molecule has 128 valence electrons. The third-order valence-corrected chi connectivity index (χ3v) is 4.07. The van der Waals surface area contributed by atoms with E-state index in [0.717, 1.165) is 5.39 Å². The van der Waals surface area contributed by atoms with Gasteiger partial charge in [0.1, 0.15) is 17.9 Å². The Morgan fingerprint density at radius 2 is 1.96 bits per heavy atom. The minimum Gasteiger partial charge on any atom is -0.497 e. The van der Waals surface area contributed by atoms with Crippen LogP contribution in [-0.4, -0.2) is 28.2 Å². The molecule has 0 bridgehead atoms. The molecule has 25 heavy (non-hydrogen) atoms. The fourth-order valence-electron chi connectivity index (χ4n) is 2.84. The summed E-state index contributed by atoms with van der Waals surface area (Å²) in [5, 5.41) is 10.0. The van der Waals surface area contributed by atoms with Crippen LogP contribution in [0.15, 0.2) is 36.7 Å². The number of methoxy groups -OCH3 is 1. The van der Waals surface area contributed by atoms with E-state index in [4.69, 9.17) is 4.74 Å². The molecule has 3 rings (SSSR count). The molecule has 1 heterocycles. The molecule has 2 aromatic carbocycles. The number of carbonyl (C=O) groups is 1. The van der Waals surface area contributed by atoms with E-state index in [1.165, 1.54) is 12.4 Å². The van der Waals surface area contributed by atoms with Gasteiger partial charge in [0.05, 0.1) is 23.9 Å². The third-order valence-electron chi connectivity index (χ3n) is 4.07. The van der Waals surface area contributed by atoms with E-state index in [-0.39, 0.29) is 11.5 Å². The Kier molecular flexibility index (Phi) is 4.35. The van der Waals surface area contributed by atoms with E-state index >= 15 is 0 Å². The number of hydrogen-bond acceptors (Lipinski definition) is 4. The Hall–Kier alpha value is -3.02. The van der Waals surface area contributed by atoms with Gasteiger partial charge in [-0.05, 0) is 35.7 Å². The van der Waals surface area contributed by atoms with E-state index < -0.39 is 11.8 Å². The minimum absolute atomic E-state index is 0.145. The molecule has 3 aromatic rings. The molecule has 0 atom stereocenters. The molecule has 0 radical (unpaired) electrons. The summed E-state index contributed by atoms with van der Waals surface area (Å²) in [5.41, 5.74) is 1.87. The molecule has 0 fully saturated rings. The number of aromatic nitrogens is 2. The largest absolute Gasteiger partial charge is 0.497 e. The van der Waals surface area contributed by atoms with Gasteiger partial charge >= 0.3 is 5.97 Å². The molecule has 0 aliphatic carbocycles. The van der Waals surface area contributed by atoms with Crippen molar-refractivity contribution >= 4 is 16.9 Å². The predicted molar refractivity (Wildman–Crippen MR) is 92.5 cm³/mol. The quantitative estimate of drug-likeness (QED) is 0.768. The summed E-state index contributed by atoms with van der Waals surface area (Å²) >= 11 is 0. The van der Waals surface area contributed by atoms with Gasteiger partial charge in [-0.3, -0.25) is 0 Å². The first-order chi connectivity index (χ1) is 11.9. The number of aromatic carboxylic acids is 1. The lowest BCUT2D eigenvalue weighted by Gasteiger charge is -2.14. The zero-order chi connectivity index (χ0) is 18.1. The van der Waals surface area contributed by atoms with Gasteiger partial charge in [0, 0.05) is 17.0 Å². The van der Waals surface area contributed by atoms with Crippen LogP contribution in [0.25, 0.3) is 22.2 Å². The molecule has 0 spiro atoms. The van der Waals surface area contributed by atoms with Crippen molar-refractivity contribution in [3.05, 3.63) is 53.6 Å². The lowest BCUT2D eigenvalue weighted by atomic mass is 9.92. The molecule has 0 unspecified atom stereocenters. The first-order valence-corrected chi connectivity index (χ1v) is 7.78. The molecular formula is C19H17FN2O3. The number of carboxylic acid groups (broad SMARTS) is 1. The average Bonchev–Trinajstić information content (AvgIpc) is 2.59. The second-order valence-electron chi connectivity index (χ2n) is 5.99. The number of hydrogen-bond donors (Lipinski definition) is 1. The first-order valence-electron chi connectivity index (χ1n) is 7.78. The second-order valence-corrected chi connectivity index (χ2v) is 5.99. The summed E-state index contributed by atoms with van der Waals surface area (Å²) in [6.07, 6.45) is 1.40. The van der Waals surface area contributed by atoms with Crippen LogP contribution in [0.2, 0.25) is 0 Å². The number of rotatable bonds is 4. The standard InChI is InChI=1S/C19H17FN2O3/c1-10(2)14-6-11(7-15(20)17(14)19(23)24)18-13-5-4-12(25-3)8-16(13)21-9-22-18/h4-10H,1-3H3,(H,23,24). The van der Waals surface area contributed by atoms with Crippen molar-refractivity contribution in [1.29, 1.82) is 0 Å². The highest BCUT2D eigenvalue weighted by Crippen LogP contribution is 2.32. The van der Waals surface area contributed by atoms with Crippen molar-refractivity contribution in [3.8, 4) is 17.0 Å². The van der Waals surface area contributed by atoms with Gasteiger partial charge in [-0.1, -0.05) is 13.8 Å². The molecule has 1 aromatic heterocycles. The van der Waals surface area contributed by atoms with Gasteiger partial charge < -0.3 is 9.84 Å². The average molecular weight is 340 g/mol. The SMILES string of the molecule is COc1ccc2c(-c3cc(F)c(C(=O)O)c(C(C)C)c3)ncnc2c1. The molecule has 1 N–H and O–H groups in total. The fraction of sp³-hybridized carbons (Fsp3) is 0.211. The molecular weight excluding hydrogens is 323 g/mol. The van der Waals surface area contributed by atoms with E-state index in [1.54, 1.807) is 25.3 Å². The molecule has 0 aliphatic rings. The zero-order valence-corrected chi connectivity index (χ0v) is 14.1. The Balaban J connectivity index is 2.27. The maximum absolute atomic E-state index is 14.5. The van der Waals surface area contributed by atoms with Gasteiger partial charge in [-0.15, -0.1) is 0 Å². The Morgan fingerprint density at radius 1 is 1.20 bits per heavy atom. The van der Waals surface area contributed by atoms with Crippen LogP contribution in [0, 0.1) is 5.82 Å². The maximum Gasteiger partial charge on any atom is 0.338 e. The van der Waals surface area contributed by atoms with Gasteiger partial charge in [0.25, 0.3) is 0 Å². The summed E-state index contributed by atoms with van der Waals surface area (Å²) in [6.45, 7) is 3.65. The van der Waals surface area contributed by atoms with E-state index in [9.17, 15) is 14.3 Å². The normalized spacial score (nSPS) is 11.1. The topological polar surface area (TPSA) is 72.3 Å². The Morgan fingerprint density at radius 3 is 2.60 bits per heavy atom. The van der Waals surface area contributed by atoms with Crippen molar-refractivity contribution in [1.82, 2.24) is 9.97 Å². The van der Waals surface area contributed by atoms with Crippen LogP contribution in [0.4, 0.5) is 4.39 Å². The smallest absolute Gasteiger partial charge is 0.338 e. The highest BCUT2D eigenvalue weighted by atomic mass is 19.1. The van der Waals surface area contributed by atoms with Crippen LogP contribution in [0.1, 0.15) is 35.7 Å². The lowest BCUT2D eigenvalue weighted by Crippen LogP contribution is -2.08.